The van der Waals surface area contributed by atoms with Crippen LogP contribution in [-0.4, -0.2) is 45.6 Å². The molecular formula is C19H23Cl2N5O. The predicted molar refractivity (Wildman–Crippen MR) is 111 cm³/mol. The molecule has 3 aromatic rings. The molecule has 1 fully saturated rings. The molecule has 1 amide bonds. The number of nitrogens with one attached hydrogen (secondary N) is 1. The molecule has 4 rings (SSSR count). The number of likely N-dealkylation sites (tertiary alicyclic amines) is 1. The summed E-state index contributed by atoms with van der Waals surface area (Å²) in [6.07, 6.45) is 1.61. The largest absolute Gasteiger partial charge is 0.338 e. The van der Waals surface area contributed by atoms with Crippen molar-refractivity contribution < 1.29 is 4.79 Å². The van der Waals surface area contributed by atoms with Gasteiger partial charge in [-0.2, -0.15) is 5.10 Å². The van der Waals surface area contributed by atoms with E-state index in [1.165, 1.54) is 5.56 Å². The normalized spacial score (nSPS) is 18.8. The first kappa shape index (κ1) is 21.2. The number of hydrogen-bond donors (Lipinski definition) is 2. The van der Waals surface area contributed by atoms with E-state index in [2.05, 4.69) is 27.3 Å². The lowest BCUT2D eigenvalue weighted by atomic mass is 9.89. The minimum atomic E-state index is 0. The fourth-order valence-corrected chi connectivity index (χ4v) is 3.67. The molecule has 8 heteroatoms. The second kappa shape index (κ2) is 8.69. The zero-order valence-corrected chi connectivity index (χ0v) is 16.6. The Labute approximate surface area is 170 Å². The van der Waals surface area contributed by atoms with Crippen LogP contribution in [0.2, 0.25) is 0 Å². The highest BCUT2D eigenvalue weighted by Crippen LogP contribution is 2.33. The van der Waals surface area contributed by atoms with Crippen LogP contribution in [0.1, 0.15) is 27.5 Å². The topological polar surface area (TPSA) is 87.9 Å². The monoisotopic (exact) mass is 407 g/mol. The molecule has 0 aliphatic carbocycles. The van der Waals surface area contributed by atoms with E-state index >= 15 is 0 Å². The van der Waals surface area contributed by atoms with Crippen LogP contribution in [0.5, 0.6) is 0 Å². The predicted octanol–water partition coefficient (Wildman–Crippen LogP) is 2.92. The summed E-state index contributed by atoms with van der Waals surface area (Å²) in [5.74, 6) is 0.563. The van der Waals surface area contributed by atoms with Gasteiger partial charge in [0.25, 0.3) is 5.91 Å². The average Bonchev–Trinajstić information content (AvgIpc) is 3.25. The first-order valence-electron chi connectivity index (χ1n) is 8.52. The van der Waals surface area contributed by atoms with Gasteiger partial charge in [-0.3, -0.25) is 9.89 Å². The minimum absolute atomic E-state index is 0. The Morgan fingerprint density at radius 2 is 2.00 bits per heavy atom. The van der Waals surface area contributed by atoms with Crippen LogP contribution in [0.25, 0.3) is 11.0 Å². The van der Waals surface area contributed by atoms with Crippen molar-refractivity contribution in [1.29, 1.82) is 0 Å². The molecule has 1 aliphatic heterocycles. The van der Waals surface area contributed by atoms with E-state index in [9.17, 15) is 4.79 Å². The Balaban J connectivity index is 0.00000131. The molecule has 1 saturated heterocycles. The van der Waals surface area contributed by atoms with Gasteiger partial charge in [0.05, 0.1) is 5.56 Å². The number of hydrogen-bond acceptors (Lipinski definition) is 4. The van der Waals surface area contributed by atoms with E-state index in [-0.39, 0.29) is 42.6 Å². The number of rotatable bonds is 3. The maximum absolute atomic E-state index is 13.0. The number of nitrogens with zero attached hydrogens (tertiary/aromatic N) is 3. The van der Waals surface area contributed by atoms with Gasteiger partial charge in [-0.05, 0) is 31.0 Å². The number of amides is 1. The summed E-state index contributed by atoms with van der Waals surface area (Å²) in [5.41, 5.74) is 9.38. The van der Waals surface area contributed by atoms with Crippen molar-refractivity contribution in [2.45, 2.75) is 12.8 Å². The van der Waals surface area contributed by atoms with Crippen LogP contribution < -0.4 is 5.73 Å². The quantitative estimate of drug-likeness (QED) is 0.698. The molecule has 1 aliphatic rings. The van der Waals surface area contributed by atoms with Crippen LogP contribution in [0, 0.1) is 12.8 Å². The Morgan fingerprint density at radius 3 is 2.70 bits per heavy atom. The summed E-state index contributed by atoms with van der Waals surface area (Å²) in [5, 5.41) is 7.91. The number of carbonyl (C=O) groups is 1. The van der Waals surface area contributed by atoms with E-state index in [1.807, 2.05) is 36.1 Å². The average molecular weight is 408 g/mol. The number of pyridine rings is 1. The second-order valence-corrected chi connectivity index (χ2v) is 6.67. The van der Waals surface area contributed by atoms with Crippen LogP contribution in [0.3, 0.4) is 0 Å². The first-order valence-corrected chi connectivity index (χ1v) is 8.52. The lowest BCUT2D eigenvalue weighted by Crippen LogP contribution is -2.29. The molecule has 3 N–H and O–H groups in total. The molecule has 0 spiro atoms. The molecule has 0 bridgehead atoms. The van der Waals surface area contributed by atoms with Crippen molar-refractivity contribution >= 4 is 41.8 Å². The Bertz CT molecular complexity index is 915. The lowest BCUT2D eigenvalue weighted by Gasteiger charge is -2.17. The summed E-state index contributed by atoms with van der Waals surface area (Å²) < 4.78 is 0. The van der Waals surface area contributed by atoms with Gasteiger partial charge in [-0.1, -0.05) is 30.3 Å². The Hall–Kier alpha value is -2.15. The van der Waals surface area contributed by atoms with E-state index in [0.29, 0.717) is 30.8 Å². The van der Waals surface area contributed by atoms with Crippen molar-refractivity contribution in [3.63, 3.8) is 0 Å². The van der Waals surface area contributed by atoms with Gasteiger partial charge in [0.15, 0.2) is 5.65 Å². The van der Waals surface area contributed by atoms with Crippen molar-refractivity contribution in [2.75, 3.05) is 19.6 Å². The van der Waals surface area contributed by atoms with Crippen LogP contribution in [0.15, 0.2) is 42.6 Å². The Kier molecular flexibility index (Phi) is 6.81. The molecule has 6 nitrogen and oxygen atoms in total. The third-order valence-electron chi connectivity index (χ3n) is 5.11. The highest BCUT2D eigenvalue weighted by molar-refractivity contribution is 5.97. The molecule has 0 radical (unpaired) electrons. The molecule has 2 atom stereocenters. The zero-order chi connectivity index (χ0) is 17.4. The molecule has 2 aromatic heterocycles. The molecular weight excluding hydrogens is 385 g/mol. The number of fused-ring (bicyclic) bond motifs is 1. The van der Waals surface area contributed by atoms with Gasteiger partial charge in [-0.15, -0.1) is 24.8 Å². The number of H-pyrrole nitrogens is 1. The van der Waals surface area contributed by atoms with Crippen molar-refractivity contribution in [2.24, 2.45) is 11.7 Å². The highest BCUT2D eigenvalue weighted by atomic mass is 35.5. The lowest BCUT2D eigenvalue weighted by molar-refractivity contribution is 0.0786. The molecule has 144 valence electrons. The fraction of sp³-hybridized carbons (Fsp3) is 0.316. The van der Waals surface area contributed by atoms with Crippen LogP contribution in [-0.2, 0) is 0 Å². The number of nitrogens with two attached hydrogens (primary N) is 1. The second-order valence-electron chi connectivity index (χ2n) is 6.67. The number of aryl methyl sites for hydroxylation is 1. The van der Waals surface area contributed by atoms with Crippen molar-refractivity contribution in [3.8, 4) is 0 Å². The van der Waals surface area contributed by atoms with E-state index in [4.69, 9.17) is 5.73 Å². The van der Waals surface area contributed by atoms with Gasteiger partial charge in [0, 0.05) is 36.3 Å². The maximum atomic E-state index is 13.0. The van der Waals surface area contributed by atoms with Crippen LogP contribution in [0.4, 0.5) is 0 Å². The molecule has 27 heavy (non-hydrogen) atoms. The number of benzene rings is 1. The summed E-state index contributed by atoms with van der Waals surface area (Å²) in [6.45, 7) is 3.86. The van der Waals surface area contributed by atoms with Gasteiger partial charge in [0.2, 0.25) is 0 Å². The van der Waals surface area contributed by atoms with Gasteiger partial charge in [-0.25, -0.2) is 4.98 Å². The zero-order valence-electron chi connectivity index (χ0n) is 15.0. The number of aromatic nitrogens is 3. The molecule has 0 saturated carbocycles. The third-order valence-corrected chi connectivity index (χ3v) is 5.11. The molecule has 3 heterocycles. The van der Waals surface area contributed by atoms with Crippen molar-refractivity contribution in [1.82, 2.24) is 20.1 Å². The maximum Gasteiger partial charge on any atom is 0.255 e. The number of aromatic amines is 1. The first-order chi connectivity index (χ1) is 12.2. The number of carbonyl (C=O) groups excluding carboxylic acids is 1. The highest BCUT2D eigenvalue weighted by Gasteiger charge is 2.35. The smallest absolute Gasteiger partial charge is 0.255 e. The number of halogens is 2. The minimum Gasteiger partial charge on any atom is -0.338 e. The standard InChI is InChI=1S/C19H21N5O.2ClH/c1-12-16-7-14(9-21-18(16)23-22-12)19(25)24-10-15(8-20)17(11-24)13-5-3-2-4-6-13;;/h2-7,9,15,17H,8,10-11,20H2,1H3,(H,21,22,23);2*1H/t15-,17+;;/m1../s1. The van der Waals surface area contributed by atoms with Gasteiger partial charge < -0.3 is 10.6 Å². The van der Waals surface area contributed by atoms with E-state index in [1.54, 1.807) is 6.20 Å². The third kappa shape index (κ3) is 3.93. The van der Waals surface area contributed by atoms with Crippen LogP contribution >= 0.6 is 24.8 Å². The van der Waals surface area contributed by atoms with Gasteiger partial charge >= 0.3 is 0 Å². The van der Waals surface area contributed by atoms with E-state index in [0.717, 1.165) is 11.1 Å². The van der Waals surface area contributed by atoms with E-state index < -0.39 is 0 Å². The van der Waals surface area contributed by atoms with Gasteiger partial charge in [0.1, 0.15) is 0 Å². The Morgan fingerprint density at radius 1 is 1.26 bits per heavy atom. The summed E-state index contributed by atoms with van der Waals surface area (Å²) in [6, 6.07) is 12.2. The summed E-state index contributed by atoms with van der Waals surface area (Å²) in [4.78, 5) is 19.2. The fourth-order valence-electron chi connectivity index (χ4n) is 3.67. The molecule has 1 aromatic carbocycles. The van der Waals surface area contributed by atoms with Crippen molar-refractivity contribution in [3.05, 3.63) is 59.4 Å². The molecule has 0 unspecified atom stereocenters. The summed E-state index contributed by atoms with van der Waals surface area (Å²) in [7, 11) is 0. The summed E-state index contributed by atoms with van der Waals surface area (Å²) >= 11 is 0. The SMILES string of the molecule is Cc1[nH]nc2ncc(C(=O)N3C[C@@H](CN)[C@H](c4ccccc4)C3)cc12.Cl.Cl.